The van der Waals surface area contributed by atoms with E-state index in [1.54, 1.807) is 6.20 Å². The predicted octanol–water partition coefficient (Wildman–Crippen LogP) is 1.65. The van der Waals surface area contributed by atoms with Gasteiger partial charge in [0.15, 0.2) is 0 Å². The number of fused-ring (bicyclic) bond motifs is 1. The Kier molecular flexibility index (Phi) is 1.58. The summed E-state index contributed by atoms with van der Waals surface area (Å²) < 4.78 is 0. The molecule has 0 unspecified atom stereocenters. The van der Waals surface area contributed by atoms with Crippen molar-refractivity contribution in [3.63, 3.8) is 0 Å². The number of rotatable bonds is 0. The Morgan fingerprint density at radius 3 is 2.77 bits per heavy atom. The lowest BCUT2D eigenvalue weighted by atomic mass is 9.90. The van der Waals surface area contributed by atoms with Gasteiger partial charge >= 0.3 is 0 Å². The summed E-state index contributed by atoms with van der Waals surface area (Å²) in [6.07, 6.45) is 1.69. The smallest absolute Gasteiger partial charge is 0.203 e. The first-order valence-corrected chi connectivity index (χ1v) is 4.25. The zero-order valence-electron chi connectivity index (χ0n) is 8.00. The topological polar surface area (TPSA) is 54.5 Å². The third-order valence-electron chi connectivity index (χ3n) is 1.99. The molecule has 1 N–H and O–H groups in total. The van der Waals surface area contributed by atoms with Crippen LogP contribution < -0.4 is 0 Å². The summed E-state index contributed by atoms with van der Waals surface area (Å²) in [4.78, 5) is 0. The molecule has 0 aliphatic carbocycles. The van der Waals surface area contributed by atoms with Crippen LogP contribution in [0.25, 0.3) is 11.0 Å². The first kappa shape index (κ1) is 8.16. The molecule has 0 bridgehead atoms. The summed E-state index contributed by atoms with van der Waals surface area (Å²) in [7, 11) is 0. The fraction of sp³-hybridized carbons (Fsp3) is 0.444. The highest BCUT2D eigenvalue weighted by atomic mass is 15.2. The zero-order valence-corrected chi connectivity index (χ0v) is 8.00. The SMILES string of the molecule is CC(C)(C)c1[nH]nc2nnccc12. The summed E-state index contributed by atoms with van der Waals surface area (Å²) in [5.74, 6) is 0. The van der Waals surface area contributed by atoms with Crippen LogP contribution in [0, 0.1) is 0 Å². The number of aromatic amines is 1. The highest BCUT2D eigenvalue weighted by Crippen LogP contribution is 2.25. The van der Waals surface area contributed by atoms with Crippen molar-refractivity contribution in [2.75, 3.05) is 0 Å². The van der Waals surface area contributed by atoms with Crippen molar-refractivity contribution in [2.45, 2.75) is 26.2 Å². The van der Waals surface area contributed by atoms with Gasteiger partial charge in [-0.15, -0.1) is 5.10 Å². The molecule has 0 fully saturated rings. The van der Waals surface area contributed by atoms with Gasteiger partial charge in [-0.05, 0) is 6.07 Å². The van der Waals surface area contributed by atoms with Crippen molar-refractivity contribution in [2.24, 2.45) is 0 Å². The maximum absolute atomic E-state index is 4.09. The second-order valence-corrected chi connectivity index (χ2v) is 4.12. The van der Waals surface area contributed by atoms with E-state index in [1.165, 1.54) is 0 Å². The molecule has 0 atom stereocenters. The second-order valence-electron chi connectivity index (χ2n) is 4.12. The summed E-state index contributed by atoms with van der Waals surface area (Å²) in [5, 5.41) is 15.8. The molecule has 0 amide bonds. The minimum absolute atomic E-state index is 0.0672. The van der Waals surface area contributed by atoms with Gasteiger partial charge in [-0.1, -0.05) is 20.8 Å². The lowest BCUT2D eigenvalue weighted by Gasteiger charge is -2.15. The Balaban J connectivity index is 2.72. The number of H-pyrrole nitrogens is 1. The Bertz CT molecular complexity index is 424. The number of aromatic nitrogens is 4. The Morgan fingerprint density at radius 2 is 2.08 bits per heavy atom. The molecule has 0 aliphatic rings. The van der Waals surface area contributed by atoms with Crippen LogP contribution in [0.4, 0.5) is 0 Å². The van der Waals surface area contributed by atoms with E-state index in [2.05, 4.69) is 41.2 Å². The second kappa shape index (κ2) is 2.52. The molecule has 0 aromatic carbocycles. The summed E-state index contributed by atoms with van der Waals surface area (Å²) in [6, 6.07) is 1.94. The molecular weight excluding hydrogens is 164 g/mol. The average molecular weight is 176 g/mol. The fourth-order valence-electron chi connectivity index (χ4n) is 1.34. The van der Waals surface area contributed by atoms with Crippen LogP contribution in [0.15, 0.2) is 12.3 Å². The normalized spacial score (nSPS) is 12.2. The number of nitrogens with one attached hydrogen (secondary N) is 1. The van der Waals surface area contributed by atoms with Gasteiger partial charge < -0.3 is 0 Å². The van der Waals surface area contributed by atoms with Crippen LogP contribution in [0.5, 0.6) is 0 Å². The van der Waals surface area contributed by atoms with Crippen LogP contribution in [0.1, 0.15) is 26.5 Å². The summed E-state index contributed by atoms with van der Waals surface area (Å²) in [6.45, 7) is 6.42. The Labute approximate surface area is 76.4 Å². The quantitative estimate of drug-likeness (QED) is 0.664. The van der Waals surface area contributed by atoms with Crippen LogP contribution >= 0.6 is 0 Å². The van der Waals surface area contributed by atoms with E-state index in [0.717, 1.165) is 11.1 Å². The molecule has 0 aliphatic heterocycles. The molecular formula is C9H12N4. The van der Waals surface area contributed by atoms with E-state index in [1.807, 2.05) is 6.07 Å². The highest BCUT2D eigenvalue weighted by Gasteiger charge is 2.19. The van der Waals surface area contributed by atoms with E-state index in [-0.39, 0.29) is 5.41 Å². The lowest BCUT2D eigenvalue weighted by molar-refractivity contribution is 0.571. The standard InChI is InChI=1S/C9H12N4/c1-9(2,3)7-6-4-5-10-12-8(6)13-11-7/h4-5H,1-3H3,(H,11,12,13). The van der Waals surface area contributed by atoms with Crippen molar-refractivity contribution in [3.05, 3.63) is 18.0 Å². The monoisotopic (exact) mass is 176 g/mol. The number of hydrogen-bond donors (Lipinski definition) is 1. The largest absolute Gasteiger partial charge is 0.279 e. The van der Waals surface area contributed by atoms with Gasteiger partial charge in [0.2, 0.25) is 5.65 Å². The van der Waals surface area contributed by atoms with Gasteiger partial charge in [0.1, 0.15) is 0 Å². The van der Waals surface area contributed by atoms with E-state index in [4.69, 9.17) is 0 Å². The van der Waals surface area contributed by atoms with Crippen molar-refractivity contribution >= 4 is 11.0 Å². The van der Waals surface area contributed by atoms with Gasteiger partial charge in [-0.25, -0.2) is 0 Å². The van der Waals surface area contributed by atoms with Gasteiger partial charge in [0.25, 0.3) is 0 Å². The molecule has 4 heteroatoms. The number of hydrogen-bond acceptors (Lipinski definition) is 3. The molecule has 13 heavy (non-hydrogen) atoms. The van der Waals surface area contributed by atoms with Gasteiger partial charge in [-0.2, -0.15) is 10.2 Å². The van der Waals surface area contributed by atoms with Gasteiger partial charge in [0.05, 0.1) is 11.9 Å². The lowest BCUT2D eigenvalue weighted by Crippen LogP contribution is -2.11. The maximum atomic E-state index is 4.09. The van der Waals surface area contributed by atoms with E-state index in [9.17, 15) is 0 Å². The zero-order chi connectivity index (χ0) is 9.47. The third kappa shape index (κ3) is 1.28. The molecule has 0 saturated heterocycles. The first-order valence-electron chi connectivity index (χ1n) is 4.25. The molecule has 2 rings (SSSR count). The van der Waals surface area contributed by atoms with Gasteiger partial charge in [0, 0.05) is 10.8 Å². The molecule has 68 valence electrons. The predicted molar refractivity (Wildman–Crippen MR) is 50.4 cm³/mol. The average Bonchev–Trinajstić information content (AvgIpc) is 2.45. The van der Waals surface area contributed by atoms with Gasteiger partial charge in [-0.3, -0.25) is 5.10 Å². The molecule has 2 aromatic rings. The van der Waals surface area contributed by atoms with Crippen molar-refractivity contribution in [3.8, 4) is 0 Å². The summed E-state index contributed by atoms with van der Waals surface area (Å²) in [5.41, 5.74) is 1.86. The van der Waals surface area contributed by atoms with Crippen LogP contribution in [-0.2, 0) is 5.41 Å². The molecule has 2 aromatic heterocycles. The Hall–Kier alpha value is -1.45. The summed E-state index contributed by atoms with van der Waals surface area (Å²) >= 11 is 0. The number of nitrogens with zero attached hydrogens (tertiary/aromatic N) is 3. The van der Waals surface area contributed by atoms with Crippen LogP contribution in [0.2, 0.25) is 0 Å². The van der Waals surface area contributed by atoms with Crippen LogP contribution in [-0.4, -0.2) is 20.4 Å². The molecule has 0 saturated carbocycles. The van der Waals surface area contributed by atoms with E-state index >= 15 is 0 Å². The van der Waals surface area contributed by atoms with E-state index < -0.39 is 0 Å². The van der Waals surface area contributed by atoms with Crippen molar-refractivity contribution in [1.82, 2.24) is 20.4 Å². The highest BCUT2D eigenvalue weighted by molar-refractivity contribution is 5.77. The molecule has 2 heterocycles. The third-order valence-corrected chi connectivity index (χ3v) is 1.99. The van der Waals surface area contributed by atoms with Crippen LogP contribution in [0.3, 0.4) is 0 Å². The molecule has 0 radical (unpaired) electrons. The molecule has 0 spiro atoms. The minimum atomic E-state index is 0.0672. The van der Waals surface area contributed by atoms with Crippen molar-refractivity contribution < 1.29 is 0 Å². The minimum Gasteiger partial charge on any atom is -0.279 e. The molecule has 4 nitrogen and oxygen atoms in total. The maximum Gasteiger partial charge on any atom is 0.203 e. The fourth-order valence-corrected chi connectivity index (χ4v) is 1.34. The van der Waals surface area contributed by atoms with Crippen molar-refractivity contribution in [1.29, 1.82) is 0 Å². The first-order chi connectivity index (χ1) is 6.09. The Morgan fingerprint density at radius 1 is 1.31 bits per heavy atom. The van der Waals surface area contributed by atoms with E-state index in [0.29, 0.717) is 5.65 Å².